The maximum atomic E-state index is 11.0. The highest BCUT2D eigenvalue weighted by molar-refractivity contribution is 5.93. The topological polar surface area (TPSA) is 127 Å². The molecule has 1 aromatic rings. The van der Waals surface area contributed by atoms with E-state index in [1.54, 1.807) is 0 Å². The van der Waals surface area contributed by atoms with Gasteiger partial charge < -0.3 is 15.6 Å². The Morgan fingerprint density at radius 2 is 2.38 bits per heavy atom. The Morgan fingerprint density at radius 1 is 1.69 bits per heavy atom. The van der Waals surface area contributed by atoms with E-state index in [-0.39, 0.29) is 11.4 Å². The summed E-state index contributed by atoms with van der Waals surface area (Å²) in [6.45, 7) is 1.04. The molecule has 8 heteroatoms. The normalized spacial score (nSPS) is 13.0. The van der Waals surface area contributed by atoms with Gasteiger partial charge in [0.15, 0.2) is 11.2 Å². The number of nitro groups is 1. The first kappa shape index (κ1) is 10.1. The van der Waals surface area contributed by atoms with Crippen molar-refractivity contribution in [1.82, 2.24) is 4.57 Å². The Bertz CT molecular complexity index is 547. The lowest BCUT2D eigenvalue weighted by Crippen LogP contribution is -2.25. The van der Waals surface area contributed by atoms with Crippen molar-refractivity contribution in [2.24, 2.45) is 5.73 Å². The van der Waals surface area contributed by atoms with Crippen LogP contribution in [0.2, 0.25) is 0 Å². The van der Waals surface area contributed by atoms with Crippen molar-refractivity contribution >= 4 is 17.4 Å². The maximum absolute atomic E-state index is 11.0. The minimum Gasteiger partial charge on any atom is -0.365 e. The molecule has 0 unspecified atom stereocenters. The fraction of sp³-hybridized carbons (Fsp3) is 0.250. The molecule has 0 fully saturated rings. The van der Waals surface area contributed by atoms with Crippen LogP contribution in [0.1, 0.15) is 10.4 Å². The molecule has 8 nitrogen and oxygen atoms in total. The molecule has 1 aromatic heterocycles. The Balaban J connectivity index is 2.81. The molecular formula is C8H9N5O3. The number of fused-ring (bicyclic) bond motifs is 1. The zero-order chi connectivity index (χ0) is 11.9. The number of rotatable bonds is 2. The first-order chi connectivity index (χ1) is 7.52. The predicted octanol–water partition coefficient (Wildman–Crippen LogP) is -0.600. The van der Waals surface area contributed by atoms with Gasteiger partial charge in [0.25, 0.3) is 5.91 Å². The summed E-state index contributed by atoms with van der Waals surface area (Å²) in [5.74, 6) is -0.588. The van der Waals surface area contributed by atoms with Crippen molar-refractivity contribution < 1.29 is 9.72 Å². The molecule has 2 heterocycles. The van der Waals surface area contributed by atoms with Crippen LogP contribution in [0.15, 0.2) is 6.20 Å². The van der Waals surface area contributed by atoms with Crippen molar-refractivity contribution in [2.75, 3.05) is 11.9 Å². The molecule has 1 aliphatic rings. The molecule has 0 saturated carbocycles. The number of carbonyl (C=O) groups is 1. The number of primary amides is 1. The Kier molecular flexibility index (Phi) is 2.11. The van der Waals surface area contributed by atoms with Crippen LogP contribution in [-0.4, -0.2) is 21.9 Å². The fourth-order valence-electron chi connectivity index (χ4n) is 1.69. The third-order valence-corrected chi connectivity index (χ3v) is 2.40. The number of pyridine rings is 1. The first-order valence-electron chi connectivity index (χ1n) is 4.52. The monoisotopic (exact) mass is 223 g/mol. The van der Waals surface area contributed by atoms with Crippen molar-refractivity contribution in [2.45, 2.75) is 6.54 Å². The number of aromatic nitrogens is 1. The molecule has 0 atom stereocenters. The summed E-state index contributed by atoms with van der Waals surface area (Å²) in [6, 6.07) is 0. The van der Waals surface area contributed by atoms with Gasteiger partial charge in [0.2, 0.25) is 0 Å². The second kappa shape index (κ2) is 3.33. The van der Waals surface area contributed by atoms with Gasteiger partial charge in [-0.3, -0.25) is 20.3 Å². The van der Waals surface area contributed by atoms with Crippen LogP contribution in [0.3, 0.4) is 0 Å². The van der Waals surface area contributed by atoms with Crippen LogP contribution in [-0.2, 0) is 6.54 Å². The zero-order valence-corrected chi connectivity index (χ0v) is 8.19. The standard InChI is InChI=1S/C8H9N5O3/c9-5-4(7(10)14)3-12-2-1-11-8(12)6(5)13(15)16/h3,9,11H,1-2H2,(H2,10,14). The van der Waals surface area contributed by atoms with Gasteiger partial charge in [0, 0.05) is 19.3 Å². The molecule has 0 bridgehead atoms. The van der Waals surface area contributed by atoms with E-state index in [2.05, 4.69) is 5.32 Å². The Hall–Kier alpha value is -2.38. The van der Waals surface area contributed by atoms with Gasteiger partial charge in [0.1, 0.15) is 0 Å². The van der Waals surface area contributed by atoms with E-state index in [1.165, 1.54) is 10.8 Å². The van der Waals surface area contributed by atoms with E-state index in [4.69, 9.17) is 11.1 Å². The highest BCUT2D eigenvalue weighted by Crippen LogP contribution is 2.24. The molecule has 1 aliphatic heterocycles. The number of nitrogens with zero attached hydrogens (tertiary/aromatic N) is 2. The molecular weight excluding hydrogens is 214 g/mol. The molecule has 0 spiro atoms. The SMILES string of the molecule is N=c1c(C(N)=O)cn2c(c1[N+](=O)[O-])NCC2. The van der Waals surface area contributed by atoms with Crippen LogP contribution in [0, 0.1) is 15.5 Å². The predicted molar refractivity (Wildman–Crippen MR) is 53.9 cm³/mol. The molecule has 2 rings (SSSR count). The molecule has 0 radical (unpaired) electrons. The third kappa shape index (κ3) is 1.31. The number of nitrogens with one attached hydrogen (secondary N) is 2. The van der Waals surface area contributed by atoms with E-state index in [0.29, 0.717) is 13.1 Å². The van der Waals surface area contributed by atoms with Crippen molar-refractivity contribution in [3.8, 4) is 0 Å². The smallest absolute Gasteiger partial charge is 0.335 e. The zero-order valence-electron chi connectivity index (χ0n) is 8.19. The molecule has 16 heavy (non-hydrogen) atoms. The van der Waals surface area contributed by atoms with Crippen molar-refractivity contribution in [3.05, 3.63) is 27.2 Å². The number of anilines is 1. The summed E-state index contributed by atoms with van der Waals surface area (Å²) in [6.07, 6.45) is 1.37. The molecule has 84 valence electrons. The summed E-state index contributed by atoms with van der Waals surface area (Å²) in [4.78, 5) is 21.2. The van der Waals surface area contributed by atoms with Gasteiger partial charge in [0.05, 0.1) is 10.5 Å². The lowest BCUT2D eigenvalue weighted by molar-refractivity contribution is -0.385. The van der Waals surface area contributed by atoms with Crippen LogP contribution in [0.5, 0.6) is 0 Å². The Labute approximate surface area is 89.3 Å². The Morgan fingerprint density at radius 3 is 2.94 bits per heavy atom. The van der Waals surface area contributed by atoms with Gasteiger partial charge in [-0.15, -0.1) is 0 Å². The second-order valence-corrected chi connectivity index (χ2v) is 3.36. The summed E-state index contributed by atoms with van der Waals surface area (Å²) in [5, 5.41) is 20.8. The number of nitrogens with two attached hydrogens (primary N) is 1. The summed E-state index contributed by atoms with van der Waals surface area (Å²) < 4.78 is 1.52. The fourth-order valence-corrected chi connectivity index (χ4v) is 1.69. The number of carbonyl (C=O) groups excluding carboxylic acids is 1. The van der Waals surface area contributed by atoms with Gasteiger partial charge in [-0.25, -0.2) is 0 Å². The van der Waals surface area contributed by atoms with Gasteiger partial charge in [-0.1, -0.05) is 0 Å². The van der Waals surface area contributed by atoms with E-state index >= 15 is 0 Å². The lowest BCUT2D eigenvalue weighted by atomic mass is 10.2. The second-order valence-electron chi connectivity index (χ2n) is 3.36. The number of amides is 1. The minimum absolute atomic E-state index is 0.140. The number of hydrogen-bond donors (Lipinski definition) is 3. The molecule has 4 N–H and O–H groups in total. The van der Waals surface area contributed by atoms with Crippen molar-refractivity contribution in [3.63, 3.8) is 0 Å². The van der Waals surface area contributed by atoms with Gasteiger partial charge in [-0.05, 0) is 0 Å². The molecule has 0 saturated heterocycles. The van der Waals surface area contributed by atoms with E-state index < -0.39 is 21.9 Å². The van der Waals surface area contributed by atoms with Crippen LogP contribution in [0.25, 0.3) is 0 Å². The van der Waals surface area contributed by atoms with Gasteiger partial charge >= 0.3 is 5.69 Å². The summed E-state index contributed by atoms with van der Waals surface area (Å²) >= 11 is 0. The average molecular weight is 223 g/mol. The van der Waals surface area contributed by atoms with Crippen molar-refractivity contribution in [1.29, 1.82) is 5.41 Å². The van der Waals surface area contributed by atoms with Gasteiger partial charge in [-0.2, -0.15) is 0 Å². The number of hydrogen-bond acceptors (Lipinski definition) is 5. The first-order valence-corrected chi connectivity index (χ1v) is 4.52. The van der Waals surface area contributed by atoms with Crippen LogP contribution >= 0.6 is 0 Å². The summed E-state index contributed by atoms with van der Waals surface area (Å²) in [5.41, 5.74) is 4.51. The molecule has 1 amide bonds. The van der Waals surface area contributed by atoms with E-state index in [0.717, 1.165) is 0 Å². The lowest BCUT2D eigenvalue weighted by Gasteiger charge is -2.06. The maximum Gasteiger partial charge on any atom is 0.335 e. The quantitative estimate of drug-likeness (QED) is 0.457. The largest absolute Gasteiger partial charge is 0.365 e. The molecule has 0 aliphatic carbocycles. The highest BCUT2D eigenvalue weighted by Gasteiger charge is 2.26. The highest BCUT2D eigenvalue weighted by atomic mass is 16.6. The van der Waals surface area contributed by atoms with Crippen LogP contribution < -0.4 is 16.4 Å². The van der Waals surface area contributed by atoms with Crippen LogP contribution in [0.4, 0.5) is 11.5 Å². The average Bonchev–Trinajstić information content (AvgIpc) is 2.62. The van der Waals surface area contributed by atoms with E-state index in [1.807, 2.05) is 0 Å². The third-order valence-electron chi connectivity index (χ3n) is 2.40. The minimum atomic E-state index is -0.838. The van der Waals surface area contributed by atoms with E-state index in [9.17, 15) is 14.9 Å². The molecule has 0 aromatic carbocycles. The summed E-state index contributed by atoms with van der Waals surface area (Å²) in [7, 11) is 0.